The van der Waals surface area contributed by atoms with Gasteiger partial charge in [-0.05, 0) is 24.3 Å². The van der Waals surface area contributed by atoms with Gasteiger partial charge in [-0.3, -0.25) is 0 Å². The van der Waals surface area contributed by atoms with E-state index in [1.807, 2.05) is 30.3 Å². The number of hydrogen-bond donors (Lipinski definition) is 3. The van der Waals surface area contributed by atoms with Gasteiger partial charge in [0.05, 0.1) is 32.6 Å². The summed E-state index contributed by atoms with van der Waals surface area (Å²) in [4.78, 5) is 10.7. The van der Waals surface area contributed by atoms with Crippen molar-refractivity contribution in [1.29, 1.82) is 0 Å². The molecule has 0 radical (unpaired) electrons. The molecule has 0 aliphatic rings. The lowest BCUT2D eigenvalue weighted by molar-refractivity contribution is -0.858. The topological polar surface area (TPSA) is 62.5 Å². The molecule has 0 bridgehead atoms. The molecule has 3 aromatic rings. The highest BCUT2D eigenvalue weighted by molar-refractivity contribution is 5.90. The minimum Gasteiger partial charge on any atom is -0.508 e. The van der Waals surface area contributed by atoms with E-state index in [2.05, 4.69) is 29.4 Å². The molecule has 0 spiro atoms. The molecule has 2 aromatic carbocycles. The highest BCUT2D eigenvalue weighted by Gasteiger charge is 2.09. The number of nitrogens with one attached hydrogen (secondary N) is 2. The van der Waals surface area contributed by atoms with Crippen LogP contribution in [0.15, 0.2) is 48.5 Å². The zero-order valence-corrected chi connectivity index (χ0v) is 13.4. The summed E-state index contributed by atoms with van der Waals surface area (Å²) in [6.45, 7) is 0.976. The fourth-order valence-electron chi connectivity index (χ4n) is 2.41. The van der Waals surface area contributed by atoms with Crippen LogP contribution in [0.5, 0.6) is 5.75 Å². The molecule has 5 nitrogen and oxygen atoms in total. The van der Waals surface area contributed by atoms with E-state index in [9.17, 15) is 5.11 Å². The normalized spacial score (nSPS) is 11.1. The third kappa shape index (κ3) is 3.76. The van der Waals surface area contributed by atoms with Gasteiger partial charge in [0, 0.05) is 17.1 Å². The molecule has 1 heterocycles. The van der Waals surface area contributed by atoms with E-state index in [1.54, 1.807) is 18.2 Å². The van der Waals surface area contributed by atoms with Crippen molar-refractivity contribution >= 4 is 22.4 Å². The summed E-state index contributed by atoms with van der Waals surface area (Å²) >= 11 is 0. The van der Waals surface area contributed by atoms with Crippen molar-refractivity contribution in [3.8, 4) is 5.75 Å². The van der Waals surface area contributed by atoms with E-state index in [1.165, 1.54) is 4.90 Å². The van der Waals surface area contributed by atoms with Crippen LogP contribution in [0.2, 0.25) is 0 Å². The largest absolute Gasteiger partial charge is 0.508 e. The van der Waals surface area contributed by atoms with Crippen LogP contribution in [0.1, 0.15) is 5.82 Å². The van der Waals surface area contributed by atoms with Crippen molar-refractivity contribution in [2.45, 2.75) is 6.42 Å². The van der Waals surface area contributed by atoms with Crippen molar-refractivity contribution in [2.24, 2.45) is 0 Å². The Morgan fingerprint density at radius 1 is 1.04 bits per heavy atom. The molecular formula is C18H21N4O+. The number of hydrogen-bond acceptors (Lipinski definition) is 4. The molecule has 0 aliphatic carbocycles. The lowest BCUT2D eigenvalue weighted by Gasteiger charge is -2.12. The minimum atomic E-state index is 0.227. The second kappa shape index (κ2) is 6.62. The molecule has 0 atom stereocenters. The minimum absolute atomic E-state index is 0.227. The van der Waals surface area contributed by atoms with Crippen LogP contribution in [0.4, 0.5) is 11.5 Å². The van der Waals surface area contributed by atoms with Gasteiger partial charge >= 0.3 is 0 Å². The summed E-state index contributed by atoms with van der Waals surface area (Å²) in [5.41, 5.74) is 1.73. The van der Waals surface area contributed by atoms with Crippen molar-refractivity contribution in [3.05, 3.63) is 54.4 Å². The smallest absolute Gasteiger partial charge is 0.142 e. The maximum absolute atomic E-state index is 9.63. The van der Waals surface area contributed by atoms with E-state index in [0.717, 1.165) is 41.2 Å². The second-order valence-electron chi connectivity index (χ2n) is 5.89. The fraction of sp³-hybridized carbons (Fsp3) is 0.222. The van der Waals surface area contributed by atoms with Gasteiger partial charge in [-0.2, -0.15) is 0 Å². The van der Waals surface area contributed by atoms with Crippen LogP contribution < -0.4 is 10.2 Å². The number of anilines is 2. The Morgan fingerprint density at radius 2 is 1.87 bits per heavy atom. The van der Waals surface area contributed by atoms with Crippen LogP contribution in [-0.4, -0.2) is 35.7 Å². The molecule has 0 saturated carbocycles. The molecular weight excluding hydrogens is 288 g/mol. The number of quaternary nitrogens is 1. The number of aromatic nitrogens is 2. The van der Waals surface area contributed by atoms with Crippen molar-refractivity contribution in [1.82, 2.24) is 9.97 Å². The molecule has 0 aliphatic heterocycles. The van der Waals surface area contributed by atoms with Gasteiger partial charge in [-0.25, -0.2) is 9.97 Å². The SMILES string of the molecule is C[NH+](C)CCc1nc(Nc2cccc(O)c2)c2ccccc2n1. The number of benzene rings is 2. The Labute approximate surface area is 135 Å². The predicted octanol–water partition coefficient (Wildman–Crippen LogP) is 1.77. The van der Waals surface area contributed by atoms with Gasteiger partial charge in [0.25, 0.3) is 0 Å². The van der Waals surface area contributed by atoms with Crippen molar-refractivity contribution in [2.75, 3.05) is 26.0 Å². The van der Waals surface area contributed by atoms with Crippen LogP contribution >= 0.6 is 0 Å². The van der Waals surface area contributed by atoms with Gasteiger partial charge < -0.3 is 15.3 Å². The van der Waals surface area contributed by atoms with Crippen LogP contribution in [0.3, 0.4) is 0 Å². The number of phenols is 1. The zero-order valence-electron chi connectivity index (χ0n) is 13.4. The summed E-state index contributed by atoms with van der Waals surface area (Å²) in [6, 6.07) is 15.0. The molecule has 0 unspecified atom stereocenters. The highest BCUT2D eigenvalue weighted by Crippen LogP contribution is 2.25. The average Bonchev–Trinajstić information content (AvgIpc) is 2.53. The first-order valence-corrected chi connectivity index (χ1v) is 7.72. The summed E-state index contributed by atoms with van der Waals surface area (Å²) in [6.07, 6.45) is 0.821. The Hall–Kier alpha value is -2.66. The quantitative estimate of drug-likeness (QED) is 0.672. The Morgan fingerprint density at radius 3 is 2.65 bits per heavy atom. The average molecular weight is 309 g/mol. The van der Waals surface area contributed by atoms with E-state index in [0.29, 0.717) is 0 Å². The number of aromatic hydroxyl groups is 1. The van der Waals surface area contributed by atoms with Gasteiger partial charge in [0.15, 0.2) is 0 Å². The fourth-order valence-corrected chi connectivity index (χ4v) is 2.41. The number of rotatable bonds is 5. The van der Waals surface area contributed by atoms with Gasteiger partial charge in [0.1, 0.15) is 17.4 Å². The van der Waals surface area contributed by atoms with Gasteiger partial charge in [-0.1, -0.05) is 18.2 Å². The van der Waals surface area contributed by atoms with Gasteiger partial charge in [-0.15, -0.1) is 0 Å². The van der Waals surface area contributed by atoms with Crippen LogP contribution in [0.25, 0.3) is 10.9 Å². The summed E-state index contributed by atoms with van der Waals surface area (Å²) < 4.78 is 0. The van der Waals surface area contributed by atoms with E-state index < -0.39 is 0 Å². The Kier molecular flexibility index (Phi) is 4.39. The van der Waals surface area contributed by atoms with Gasteiger partial charge in [0.2, 0.25) is 0 Å². The van der Waals surface area contributed by atoms with Crippen LogP contribution in [0, 0.1) is 0 Å². The number of phenolic OH excluding ortho intramolecular Hbond substituents is 1. The lowest BCUT2D eigenvalue weighted by atomic mass is 10.2. The number of likely N-dealkylation sites (N-methyl/N-ethyl adjacent to an activating group) is 1. The third-order valence-electron chi connectivity index (χ3n) is 3.61. The molecule has 1 aromatic heterocycles. The first kappa shape index (κ1) is 15.2. The molecule has 3 N–H and O–H groups in total. The zero-order chi connectivity index (χ0) is 16.2. The van der Waals surface area contributed by atoms with Crippen LogP contribution in [-0.2, 0) is 6.42 Å². The summed E-state index contributed by atoms with van der Waals surface area (Å²) in [5.74, 6) is 1.82. The molecule has 23 heavy (non-hydrogen) atoms. The first-order chi connectivity index (χ1) is 11.1. The van der Waals surface area contributed by atoms with E-state index in [-0.39, 0.29) is 5.75 Å². The molecule has 3 rings (SSSR count). The summed E-state index contributed by atoms with van der Waals surface area (Å²) in [7, 11) is 4.24. The Bertz CT molecular complexity index is 817. The van der Waals surface area contributed by atoms with E-state index >= 15 is 0 Å². The first-order valence-electron chi connectivity index (χ1n) is 7.72. The Balaban J connectivity index is 1.99. The molecule has 118 valence electrons. The van der Waals surface area contributed by atoms with Crippen molar-refractivity contribution < 1.29 is 10.0 Å². The summed E-state index contributed by atoms with van der Waals surface area (Å²) in [5, 5.41) is 13.9. The standard InChI is InChI=1S/C18H20N4O/c1-22(2)11-10-17-20-16-9-4-3-8-15(16)18(21-17)19-13-6-5-7-14(23)12-13/h3-9,12,23H,10-11H2,1-2H3,(H,19,20,21)/p+1. The van der Waals surface area contributed by atoms with Crippen molar-refractivity contribution in [3.63, 3.8) is 0 Å². The molecule has 0 saturated heterocycles. The lowest BCUT2D eigenvalue weighted by Crippen LogP contribution is -3.06. The number of para-hydroxylation sites is 1. The number of fused-ring (bicyclic) bond motifs is 1. The maximum atomic E-state index is 9.63. The second-order valence-corrected chi connectivity index (χ2v) is 5.89. The van der Waals surface area contributed by atoms with E-state index in [4.69, 9.17) is 0 Å². The third-order valence-corrected chi connectivity index (χ3v) is 3.61. The maximum Gasteiger partial charge on any atom is 0.142 e. The molecule has 0 fully saturated rings. The predicted molar refractivity (Wildman–Crippen MR) is 92.3 cm³/mol. The molecule has 5 heteroatoms. The highest BCUT2D eigenvalue weighted by atomic mass is 16.3. The number of nitrogens with zero attached hydrogens (tertiary/aromatic N) is 2. The molecule has 0 amide bonds. The monoisotopic (exact) mass is 309 g/mol.